The summed E-state index contributed by atoms with van der Waals surface area (Å²) < 4.78 is 5.30. The van der Waals surface area contributed by atoms with Crippen LogP contribution in [0.1, 0.15) is 29.6 Å². The topological polar surface area (TPSA) is 54.3 Å². The summed E-state index contributed by atoms with van der Waals surface area (Å²) >= 11 is 5.82. The number of amides is 1. The maximum Gasteiger partial charge on any atom is 0.251 e. The Bertz CT molecular complexity index is 682. The molecule has 2 aliphatic rings. The van der Waals surface area contributed by atoms with E-state index in [9.17, 15) is 4.79 Å². The smallest absolute Gasteiger partial charge is 0.251 e. The Labute approximate surface area is 121 Å². The van der Waals surface area contributed by atoms with Gasteiger partial charge in [0.15, 0.2) is 5.22 Å². The van der Waals surface area contributed by atoms with Crippen molar-refractivity contribution in [1.82, 2.24) is 10.6 Å². The van der Waals surface area contributed by atoms with Gasteiger partial charge in [-0.1, -0.05) is 0 Å². The van der Waals surface area contributed by atoms with Crippen molar-refractivity contribution in [3.8, 4) is 0 Å². The number of furan rings is 1. The molecule has 2 aliphatic heterocycles. The van der Waals surface area contributed by atoms with Crippen LogP contribution in [0.5, 0.6) is 0 Å². The van der Waals surface area contributed by atoms with Crippen molar-refractivity contribution in [2.45, 2.75) is 37.4 Å². The Balaban J connectivity index is 1.54. The molecule has 2 bridgehead atoms. The van der Waals surface area contributed by atoms with Crippen molar-refractivity contribution in [1.29, 1.82) is 0 Å². The lowest BCUT2D eigenvalue weighted by molar-refractivity contribution is 0.0931. The molecule has 0 aliphatic carbocycles. The molecular weight excluding hydrogens is 276 g/mol. The van der Waals surface area contributed by atoms with Gasteiger partial charge in [-0.3, -0.25) is 4.79 Å². The second-order valence-corrected chi connectivity index (χ2v) is 6.04. The van der Waals surface area contributed by atoms with Gasteiger partial charge in [-0.15, -0.1) is 0 Å². The number of rotatable bonds is 2. The molecule has 104 valence electrons. The van der Waals surface area contributed by atoms with E-state index in [1.807, 2.05) is 6.07 Å². The summed E-state index contributed by atoms with van der Waals surface area (Å²) in [6, 6.07) is 8.39. The van der Waals surface area contributed by atoms with E-state index in [4.69, 9.17) is 16.0 Å². The minimum Gasteiger partial charge on any atom is -0.445 e. The van der Waals surface area contributed by atoms with Gasteiger partial charge in [-0.2, -0.15) is 0 Å². The zero-order valence-corrected chi connectivity index (χ0v) is 11.6. The number of fused-ring (bicyclic) bond motifs is 3. The second kappa shape index (κ2) is 4.50. The van der Waals surface area contributed by atoms with Crippen LogP contribution in [0, 0.1) is 0 Å². The summed E-state index contributed by atoms with van der Waals surface area (Å²) in [7, 11) is 0. The molecule has 2 saturated heterocycles. The van der Waals surface area contributed by atoms with Gasteiger partial charge in [0.25, 0.3) is 5.91 Å². The fourth-order valence-corrected chi connectivity index (χ4v) is 3.59. The minimum absolute atomic E-state index is 0.0245. The molecule has 0 saturated carbocycles. The first-order valence-electron chi connectivity index (χ1n) is 6.95. The van der Waals surface area contributed by atoms with Gasteiger partial charge in [-0.05, 0) is 49.1 Å². The van der Waals surface area contributed by atoms with Crippen LogP contribution in [-0.4, -0.2) is 24.0 Å². The first-order valence-corrected chi connectivity index (χ1v) is 7.33. The highest BCUT2D eigenvalue weighted by molar-refractivity contribution is 6.29. The summed E-state index contributed by atoms with van der Waals surface area (Å²) in [4.78, 5) is 12.3. The van der Waals surface area contributed by atoms with E-state index < -0.39 is 0 Å². The molecule has 4 nitrogen and oxygen atoms in total. The predicted molar refractivity (Wildman–Crippen MR) is 77.0 cm³/mol. The molecule has 2 N–H and O–H groups in total. The van der Waals surface area contributed by atoms with Crippen LogP contribution in [0.25, 0.3) is 11.0 Å². The summed E-state index contributed by atoms with van der Waals surface area (Å²) in [6.07, 6.45) is 3.43. The van der Waals surface area contributed by atoms with Crippen molar-refractivity contribution in [2.75, 3.05) is 0 Å². The van der Waals surface area contributed by atoms with Crippen LogP contribution >= 0.6 is 11.6 Å². The number of benzene rings is 1. The number of nitrogens with one attached hydrogen (secondary N) is 2. The first kappa shape index (κ1) is 12.2. The molecule has 1 aromatic carbocycles. The quantitative estimate of drug-likeness (QED) is 0.894. The standard InChI is InChI=1S/C15H15ClN2O2/c16-14-6-9-5-8(1-4-13(9)20-14)15(19)18-12-7-10-2-3-11(12)17-10/h1,4-6,10-12,17H,2-3,7H2,(H,18,19)/t10-,11+,12-/m1/s1. The van der Waals surface area contributed by atoms with E-state index in [0.29, 0.717) is 28.4 Å². The van der Waals surface area contributed by atoms with E-state index in [1.54, 1.807) is 18.2 Å². The first-order chi connectivity index (χ1) is 9.69. The van der Waals surface area contributed by atoms with Crippen molar-refractivity contribution < 1.29 is 9.21 Å². The van der Waals surface area contributed by atoms with Crippen LogP contribution in [0.3, 0.4) is 0 Å². The lowest BCUT2D eigenvalue weighted by Crippen LogP contribution is -2.42. The lowest BCUT2D eigenvalue weighted by atomic mass is 9.95. The van der Waals surface area contributed by atoms with Gasteiger partial charge in [0.05, 0.1) is 0 Å². The van der Waals surface area contributed by atoms with Crippen LogP contribution in [0.2, 0.25) is 5.22 Å². The molecule has 5 heteroatoms. The number of halogens is 1. The summed E-state index contributed by atoms with van der Waals surface area (Å²) in [6.45, 7) is 0. The summed E-state index contributed by atoms with van der Waals surface area (Å²) in [5.74, 6) is -0.0245. The third kappa shape index (κ3) is 2.00. The third-order valence-electron chi connectivity index (χ3n) is 4.36. The normalized spacial score (nSPS) is 28.1. The zero-order valence-electron chi connectivity index (χ0n) is 10.9. The molecule has 0 radical (unpaired) electrons. The van der Waals surface area contributed by atoms with Crippen LogP contribution in [0.4, 0.5) is 0 Å². The Morgan fingerprint density at radius 1 is 1.35 bits per heavy atom. The molecule has 20 heavy (non-hydrogen) atoms. The molecule has 4 rings (SSSR count). The van der Waals surface area contributed by atoms with Gasteiger partial charge in [0.1, 0.15) is 5.58 Å². The van der Waals surface area contributed by atoms with Gasteiger partial charge < -0.3 is 15.1 Å². The lowest BCUT2D eigenvalue weighted by Gasteiger charge is -2.21. The number of hydrogen-bond acceptors (Lipinski definition) is 3. The van der Waals surface area contributed by atoms with Crippen molar-refractivity contribution in [3.05, 3.63) is 35.0 Å². The predicted octanol–water partition coefficient (Wildman–Crippen LogP) is 2.71. The monoisotopic (exact) mass is 290 g/mol. The molecule has 3 heterocycles. The summed E-state index contributed by atoms with van der Waals surface area (Å²) in [5, 5.41) is 7.85. The van der Waals surface area contributed by atoms with Gasteiger partial charge in [-0.25, -0.2) is 0 Å². The Kier molecular flexibility index (Phi) is 2.75. The SMILES string of the molecule is O=C(N[C@@H]1C[C@H]2CC[C@@H]1N2)c1ccc2oc(Cl)cc2c1. The minimum atomic E-state index is -0.0245. The van der Waals surface area contributed by atoms with Gasteiger partial charge in [0.2, 0.25) is 0 Å². The fourth-order valence-electron chi connectivity index (χ4n) is 3.39. The maximum absolute atomic E-state index is 12.3. The highest BCUT2D eigenvalue weighted by Crippen LogP contribution is 2.29. The molecule has 3 atom stereocenters. The van der Waals surface area contributed by atoms with Crippen molar-refractivity contribution in [3.63, 3.8) is 0 Å². The van der Waals surface area contributed by atoms with E-state index in [-0.39, 0.29) is 11.9 Å². The van der Waals surface area contributed by atoms with E-state index >= 15 is 0 Å². The highest BCUT2D eigenvalue weighted by atomic mass is 35.5. The molecule has 1 amide bonds. The van der Waals surface area contributed by atoms with E-state index in [0.717, 1.165) is 18.2 Å². The molecule has 0 spiro atoms. The molecule has 2 aromatic rings. The third-order valence-corrected chi connectivity index (χ3v) is 4.55. The van der Waals surface area contributed by atoms with Crippen LogP contribution in [0.15, 0.2) is 28.7 Å². The average molecular weight is 291 g/mol. The zero-order chi connectivity index (χ0) is 13.7. The second-order valence-electron chi connectivity index (χ2n) is 5.67. The largest absolute Gasteiger partial charge is 0.445 e. The summed E-state index contributed by atoms with van der Waals surface area (Å²) in [5.41, 5.74) is 1.35. The molecule has 1 aromatic heterocycles. The molecular formula is C15H15ClN2O2. The van der Waals surface area contributed by atoms with Gasteiger partial charge in [0, 0.05) is 35.1 Å². The van der Waals surface area contributed by atoms with Crippen molar-refractivity contribution >= 4 is 28.5 Å². The van der Waals surface area contributed by atoms with Gasteiger partial charge >= 0.3 is 0 Å². The number of hydrogen-bond donors (Lipinski definition) is 2. The number of carbonyl (C=O) groups is 1. The number of carbonyl (C=O) groups excluding carboxylic acids is 1. The molecule has 2 fully saturated rings. The van der Waals surface area contributed by atoms with Crippen molar-refractivity contribution in [2.24, 2.45) is 0 Å². The maximum atomic E-state index is 12.3. The van der Waals surface area contributed by atoms with E-state index in [2.05, 4.69) is 10.6 Å². The highest BCUT2D eigenvalue weighted by Gasteiger charge is 2.39. The van der Waals surface area contributed by atoms with Crippen LogP contribution in [-0.2, 0) is 0 Å². The van der Waals surface area contributed by atoms with E-state index in [1.165, 1.54) is 6.42 Å². The average Bonchev–Trinajstić information content (AvgIpc) is 3.10. The fraction of sp³-hybridized carbons (Fsp3) is 0.400. The molecule has 0 unspecified atom stereocenters. The Hall–Kier alpha value is -1.52. The van der Waals surface area contributed by atoms with Crippen LogP contribution < -0.4 is 10.6 Å². The Morgan fingerprint density at radius 2 is 2.25 bits per heavy atom. The Morgan fingerprint density at radius 3 is 3.00 bits per heavy atom.